The van der Waals surface area contributed by atoms with Crippen molar-refractivity contribution in [1.82, 2.24) is 15.2 Å². The van der Waals surface area contributed by atoms with E-state index in [9.17, 15) is 10.1 Å². The molecule has 1 aromatic rings. The van der Waals surface area contributed by atoms with Crippen LogP contribution >= 0.6 is 0 Å². The van der Waals surface area contributed by atoms with Crippen molar-refractivity contribution in [2.45, 2.75) is 0 Å². The number of nitro groups is 1. The molecule has 0 spiro atoms. The summed E-state index contributed by atoms with van der Waals surface area (Å²) in [6, 6.07) is 3.16. The Morgan fingerprint density at radius 2 is 2.30 bits per heavy atom. The summed E-state index contributed by atoms with van der Waals surface area (Å²) in [4.78, 5) is 16.3. The molecule has 0 atom stereocenters. The van der Waals surface area contributed by atoms with Crippen molar-refractivity contribution in [1.29, 1.82) is 5.26 Å². The number of piperazine rings is 1. The lowest BCUT2D eigenvalue weighted by atomic mass is 10.2. The van der Waals surface area contributed by atoms with Crippen LogP contribution < -0.4 is 10.6 Å². The Morgan fingerprint density at radius 1 is 1.55 bits per heavy atom. The summed E-state index contributed by atoms with van der Waals surface area (Å²) < 4.78 is 0. The molecule has 0 bridgehead atoms. The van der Waals surface area contributed by atoms with E-state index in [2.05, 4.69) is 20.5 Å². The van der Waals surface area contributed by atoms with E-state index in [0.29, 0.717) is 12.4 Å². The van der Waals surface area contributed by atoms with Gasteiger partial charge < -0.3 is 10.6 Å². The minimum atomic E-state index is -0.557. The summed E-state index contributed by atoms with van der Waals surface area (Å²) in [6.07, 6.45) is 1.16. The first-order chi connectivity index (χ1) is 9.70. The average Bonchev–Trinajstić information content (AvgIpc) is 2.48. The van der Waals surface area contributed by atoms with Crippen LogP contribution in [0.5, 0.6) is 0 Å². The average molecular weight is 276 g/mol. The van der Waals surface area contributed by atoms with Gasteiger partial charge >= 0.3 is 0 Å². The van der Waals surface area contributed by atoms with Crippen molar-refractivity contribution < 1.29 is 4.92 Å². The van der Waals surface area contributed by atoms with E-state index < -0.39 is 4.92 Å². The second-order valence-corrected chi connectivity index (χ2v) is 4.48. The molecule has 1 saturated heterocycles. The summed E-state index contributed by atoms with van der Waals surface area (Å²) in [7, 11) is 0. The fraction of sp³-hybridized carbons (Fsp3) is 0.500. The third-order valence-electron chi connectivity index (χ3n) is 3.13. The monoisotopic (exact) mass is 276 g/mol. The maximum atomic E-state index is 10.6. The van der Waals surface area contributed by atoms with Gasteiger partial charge in [0.15, 0.2) is 0 Å². The van der Waals surface area contributed by atoms with Gasteiger partial charge in [-0.3, -0.25) is 15.0 Å². The quantitative estimate of drug-likeness (QED) is 0.583. The van der Waals surface area contributed by atoms with Crippen LogP contribution in [0.3, 0.4) is 0 Å². The van der Waals surface area contributed by atoms with Crippen LogP contribution in [0, 0.1) is 21.4 Å². The molecule has 0 saturated carbocycles. The molecule has 1 fully saturated rings. The highest BCUT2D eigenvalue weighted by Gasteiger charge is 2.13. The van der Waals surface area contributed by atoms with Crippen LogP contribution in [-0.4, -0.2) is 54.1 Å². The highest BCUT2D eigenvalue weighted by molar-refractivity contribution is 5.55. The van der Waals surface area contributed by atoms with Crippen molar-refractivity contribution in [3.05, 3.63) is 27.9 Å². The standard InChI is InChI=1S/C12H16N6O2/c13-8-10-7-11(18(19)20)9-16-12(10)15-3-6-17-4-1-14-2-5-17/h7,9,14H,1-6H2,(H,15,16). The lowest BCUT2D eigenvalue weighted by Crippen LogP contribution is -2.45. The fourth-order valence-electron chi connectivity index (χ4n) is 2.05. The Bertz CT molecular complexity index is 521. The lowest BCUT2D eigenvalue weighted by Gasteiger charge is -2.27. The zero-order valence-electron chi connectivity index (χ0n) is 11.0. The van der Waals surface area contributed by atoms with E-state index >= 15 is 0 Å². The van der Waals surface area contributed by atoms with Gasteiger partial charge in [-0.25, -0.2) is 4.98 Å². The third-order valence-corrected chi connectivity index (χ3v) is 3.13. The number of nitrogens with one attached hydrogen (secondary N) is 2. The van der Waals surface area contributed by atoms with Crippen LogP contribution in [0.25, 0.3) is 0 Å². The van der Waals surface area contributed by atoms with Crippen LogP contribution in [-0.2, 0) is 0 Å². The van der Waals surface area contributed by atoms with E-state index in [0.717, 1.165) is 38.9 Å². The van der Waals surface area contributed by atoms with Crippen LogP contribution in [0.15, 0.2) is 12.3 Å². The Morgan fingerprint density at radius 3 is 2.95 bits per heavy atom. The molecule has 106 valence electrons. The first kappa shape index (κ1) is 14.2. The van der Waals surface area contributed by atoms with Gasteiger partial charge in [-0.1, -0.05) is 0 Å². The van der Waals surface area contributed by atoms with Gasteiger partial charge in [0, 0.05) is 45.3 Å². The van der Waals surface area contributed by atoms with Gasteiger partial charge in [0.1, 0.15) is 23.6 Å². The second-order valence-electron chi connectivity index (χ2n) is 4.48. The minimum Gasteiger partial charge on any atom is -0.368 e. The van der Waals surface area contributed by atoms with Crippen molar-refractivity contribution in [2.24, 2.45) is 0 Å². The van der Waals surface area contributed by atoms with E-state index in [-0.39, 0.29) is 11.3 Å². The molecule has 0 amide bonds. The predicted octanol–water partition coefficient (Wildman–Crippen LogP) is 0.179. The minimum absolute atomic E-state index is 0.172. The largest absolute Gasteiger partial charge is 0.368 e. The second kappa shape index (κ2) is 6.79. The zero-order chi connectivity index (χ0) is 14.4. The van der Waals surface area contributed by atoms with E-state index in [4.69, 9.17) is 5.26 Å². The summed E-state index contributed by atoms with van der Waals surface area (Å²) in [5.74, 6) is 0.397. The van der Waals surface area contributed by atoms with Crippen molar-refractivity contribution in [3.8, 4) is 6.07 Å². The Kier molecular flexibility index (Phi) is 4.81. The highest BCUT2D eigenvalue weighted by Crippen LogP contribution is 2.17. The molecule has 0 unspecified atom stereocenters. The number of nitriles is 1. The molecule has 1 aromatic heterocycles. The topological polar surface area (TPSA) is 107 Å². The Balaban J connectivity index is 1.92. The van der Waals surface area contributed by atoms with Crippen molar-refractivity contribution in [3.63, 3.8) is 0 Å². The number of anilines is 1. The summed E-state index contributed by atoms with van der Waals surface area (Å²) in [5.41, 5.74) is 0.0220. The van der Waals surface area contributed by atoms with Gasteiger partial charge in [0.25, 0.3) is 5.69 Å². The van der Waals surface area contributed by atoms with Gasteiger partial charge in [0.2, 0.25) is 0 Å². The first-order valence-corrected chi connectivity index (χ1v) is 6.42. The lowest BCUT2D eigenvalue weighted by molar-refractivity contribution is -0.385. The molecule has 8 nitrogen and oxygen atoms in total. The fourth-order valence-corrected chi connectivity index (χ4v) is 2.05. The van der Waals surface area contributed by atoms with Crippen LogP contribution in [0.1, 0.15) is 5.56 Å². The number of pyridine rings is 1. The summed E-state index contributed by atoms with van der Waals surface area (Å²) >= 11 is 0. The van der Waals surface area contributed by atoms with Crippen LogP contribution in [0.2, 0.25) is 0 Å². The van der Waals surface area contributed by atoms with Crippen molar-refractivity contribution in [2.75, 3.05) is 44.6 Å². The number of aromatic nitrogens is 1. The maximum Gasteiger partial charge on any atom is 0.289 e. The van der Waals surface area contributed by atoms with Gasteiger partial charge in [-0.05, 0) is 0 Å². The van der Waals surface area contributed by atoms with E-state index in [1.165, 1.54) is 6.07 Å². The molecule has 8 heteroatoms. The number of nitrogens with zero attached hydrogens (tertiary/aromatic N) is 4. The molecule has 0 aliphatic carbocycles. The summed E-state index contributed by atoms with van der Waals surface area (Å²) in [6.45, 7) is 5.48. The summed E-state index contributed by atoms with van der Waals surface area (Å²) in [5, 5.41) is 26.0. The molecular formula is C12H16N6O2. The van der Waals surface area contributed by atoms with E-state index in [1.54, 1.807) is 0 Å². The molecular weight excluding hydrogens is 260 g/mol. The molecule has 1 aliphatic rings. The van der Waals surface area contributed by atoms with Crippen molar-refractivity contribution >= 4 is 11.5 Å². The van der Waals surface area contributed by atoms with Gasteiger partial charge in [0.05, 0.1) is 4.92 Å². The molecule has 2 heterocycles. The smallest absolute Gasteiger partial charge is 0.289 e. The first-order valence-electron chi connectivity index (χ1n) is 6.42. The maximum absolute atomic E-state index is 10.6. The van der Waals surface area contributed by atoms with Gasteiger partial charge in [-0.15, -0.1) is 0 Å². The molecule has 0 radical (unpaired) electrons. The van der Waals surface area contributed by atoms with E-state index in [1.807, 2.05) is 6.07 Å². The molecule has 2 N–H and O–H groups in total. The number of hydrogen-bond acceptors (Lipinski definition) is 7. The zero-order valence-corrected chi connectivity index (χ0v) is 11.0. The molecule has 2 rings (SSSR count). The normalized spacial score (nSPS) is 15.6. The third kappa shape index (κ3) is 3.63. The molecule has 0 aromatic carbocycles. The molecule has 20 heavy (non-hydrogen) atoms. The highest BCUT2D eigenvalue weighted by atomic mass is 16.6. The Hall–Kier alpha value is -2.24. The number of hydrogen-bond donors (Lipinski definition) is 2. The van der Waals surface area contributed by atoms with Gasteiger partial charge in [-0.2, -0.15) is 5.26 Å². The van der Waals surface area contributed by atoms with Crippen LogP contribution in [0.4, 0.5) is 11.5 Å². The molecule has 1 aliphatic heterocycles. The SMILES string of the molecule is N#Cc1cc([N+](=O)[O-])cnc1NCCN1CCNCC1. The Labute approximate surface area is 116 Å². The number of rotatable bonds is 5. The predicted molar refractivity (Wildman–Crippen MR) is 73.4 cm³/mol.